The van der Waals surface area contributed by atoms with Gasteiger partial charge < -0.3 is 0 Å². The molecule has 0 heterocycles. The maximum atomic E-state index is 13.6. The normalized spacial score (nSPS) is 9.61. The summed E-state index contributed by atoms with van der Waals surface area (Å²) in [6.45, 7) is 5.94. The summed E-state index contributed by atoms with van der Waals surface area (Å²) in [4.78, 5) is 0. The van der Waals surface area contributed by atoms with Gasteiger partial charge >= 0.3 is 0 Å². The van der Waals surface area contributed by atoms with Gasteiger partial charge in [-0.2, -0.15) is 0 Å². The molecule has 2 aromatic carbocycles. The zero-order valence-electron chi connectivity index (χ0n) is 11.0. The first kappa shape index (κ1) is 14.7. The second kappa shape index (κ2) is 7.17. The molecule has 2 heteroatoms. The number of hydrogen-bond donors (Lipinski definition) is 0. The standard InChI is InChI=1S/C14H12ClF.C2H6/c1-2-10-7-8-11(9-14(10)16)12-5-3-4-6-13(12)15;1-2/h3-9H,2H2,1H3;1-2H3. The third kappa shape index (κ3) is 3.33. The summed E-state index contributed by atoms with van der Waals surface area (Å²) in [7, 11) is 0. The van der Waals surface area contributed by atoms with Gasteiger partial charge in [-0.3, -0.25) is 0 Å². The van der Waals surface area contributed by atoms with Crippen molar-refractivity contribution < 1.29 is 4.39 Å². The molecule has 0 aliphatic carbocycles. The van der Waals surface area contributed by atoms with Crippen LogP contribution in [0.5, 0.6) is 0 Å². The van der Waals surface area contributed by atoms with Gasteiger partial charge in [0.2, 0.25) is 0 Å². The molecule has 0 saturated carbocycles. The minimum Gasteiger partial charge on any atom is -0.207 e. The summed E-state index contributed by atoms with van der Waals surface area (Å²) in [6.07, 6.45) is 0.703. The van der Waals surface area contributed by atoms with Crippen molar-refractivity contribution in [3.05, 3.63) is 58.9 Å². The third-order valence-electron chi connectivity index (χ3n) is 2.62. The lowest BCUT2D eigenvalue weighted by Gasteiger charge is -2.06. The number of halogens is 2. The average molecular weight is 265 g/mol. The molecule has 0 unspecified atom stereocenters. The number of aryl methyl sites for hydroxylation is 1. The van der Waals surface area contributed by atoms with Crippen LogP contribution in [0.3, 0.4) is 0 Å². The number of benzene rings is 2. The Morgan fingerprint density at radius 1 is 1.06 bits per heavy atom. The van der Waals surface area contributed by atoms with E-state index in [2.05, 4.69) is 0 Å². The van der Waals surface area contributed by atoms with Crippen LogP contribution >= 0.6 is 11.6 Å². The molecule has 0 atom stereocenters. The molecule has 0 aromatic heterocycles. The number of hydrogen-bond acceptors (Lipinski definition) is 0. The smallest absolute Gasteiger partial charge is 0.127 e. The van der Waals surface area contributed by atoms with Crippen molar-refractivity contribution in [2.24, 2.45) is 0 Å². The minimum absolute atomic E-state index is 0.167. The van der Waals surface area contributed by atoms with Crippen LogP contribution in [-0.4, -0.2) is 0 Å². The molecule has 0 spiro atoms. The lowest BCUT2D eigenvalue weighted by atomic mass is 10.0. The molecule has 0 nitrogen and oxygen atoms in total. The van der Waals surface area contributed by atoms with Crippen LogP contribution in [0.1, 0.15) is 26.3 Å². The van der Waals surface area contributed by atoms with Gasteiger partial charge in [-0.25, -0.2) is 4.39 Å². The molecule has 0 aliphatic rings. The van der Waals surface area contributed by atoms with Gasteiger partial charge in [0.05, 0.1) is 0 Å². The Morgan fingerprint density at radius 3 is 2.28 bits per heavy atom. The van der Waals surface area contributed by atoms with Crippen molar-refractivity contribution in [1.82, 2.24) is 0 Å². The van der Waals surface area contributed by atoms with Gasteiger partial charge in [0.15, 0.2) is 0 Å². The molecular formula is C16H18ClF. The number of rotatable bonds is 2. The molecule has 0 radical (unpaired) electrons. The molecule has 0 N–H and O–H groups in total. The fourth-order valence-electron chi connectivity index (χ4n) is 1.70. The first-order valence-corrected chi connectivity index (χ1v) is 6.63. The molecule has 0 fully saturated rings. The molecular weight excluding hydrogens is 247 g/mol. The summed E-state index contributed by atoms with van der Waals surface area (Å²) >= 11 is 6.06. The Balaban J connectivity index is 0.000000771. The van der Waals surface area contributed by atoms with Crippen LogP contribution in [0, 0.1) is 5.82 Å². The Morgan fingerprint density at radius 2 is 1.72 bits per heavy atom. The largest absolute Gasteiger partial charge is 0.207 e. The van der Waals surface area contributed by atoms with E-state index >= 15 is 0 Å². The Labute approximate surface area is 113 Å². The van der Waals surface area contributed by atoms with Gasteiger partial charge in [0, 0.05) is 10.6 Å². The van der Waals surface area contributed by atoms with E-state index in [9.17, 15) is 4.39 Å². The third-order valence-corrected chi connectivity index (χ3v) is 2.95. The SMILES string of the molecule is CC.CCc1ccc(-c2ccccc2Cl)cc1F. The molecule has 2 aromatic rings. The molecule has 2 rings (SSSR count). The van der Waals surface area contributed by atoms with Gasteiger partial charge in [0.1, 0.15) is 5.82 Å². The van der Waals surface area contributed by atoms with Gasteiger partial charge in [-0.1, -0.05) is 62.7 Å². The van der Waals surface area contributed by atoms with E-state index in [4.69, 9.17) is 11.6 Å². The monoisotopic (exact) mass is 264 g/mol. The fraction of sp³-hybridized carbons (Fsp3) is 0.250. The van der Waals surface area contributed by atoms with Crippen LogP contribution in [0.4, 0.5) is 4.39 Å². The highest BCUT2D eigenvalue weighted by molar-refractivity contribution is 6.33. The molecule has 96 valence electrons. The Kier molecular flexibility index (Phi) is 5.87. The zero-order valence-corrected chi connectivity index (χ0v) is 11.8. The van der Waals surface area contributed by atoms with Crippen molar-refractivity contribution in [1.29, 1.82) is 0 Å². The minimum atomic E-state index is -0.167. The first-order chi connectivity index (χ1) is 8.72. The highest BCUT2D eigenvalue weighted by atomic mass is 35.5. The molecule has 0 bridgehead atoms. The van der Waals surface area contributed by atoms with Crippen molar-refractivity contribution in [2.45, 2.75) is 27.2 Å². The Bertz CT molecular complexity index is 506. The van der Waals surface area contributed by atoms with E-state index in [1.165, 1.54) is 0 Å². The van der Waals surface area contributed by atoms with Crippen LogP contribution < -0.4 is 0 Å². The van der Waals surface area contributed by atoms with Crippen LogP contribution in [0.2, 0.25) is 5.02 Å². The maximum absolute atomic E-state index is 13.6. The average Bonchev–Trinajstić information content (AvgIpc) is 2.41. The summed E-state index contributed by atoms with van der Waals surface area (Å²) in [5.74, 6) is -0.167. The first-order valence-electron chi connectivity index (χ1n) is 6.25. The van der Waals surface area contributed by atoms with Crippen molar-refractivity contribution in [3.8, 4) is 11.1 Å². The van der Waals surface area contributed by atoms with Crippen molar-refractivity contribution in [2.75, 3.05) is 0 Å². The summed E-state index contributed by atoms with van der Waals surface area (Å²) in [5, 5.41) is 0.645. The summed E-state index contributed by atoms with van der Waals surface area (Å²) in [6, 6.07) is 12.7. The van der Waals surface area contributed by atoms with E-state index in [0.717, 1.165) is 16.7 Å². The predicted octanol–water partition coefficient (Wildman–Crippen LogP) is 5.73. The molecule has 18 heavy (non-hydrogen) atoms. The van der Waals surface area contributed by atoms with Gasteiger partial charge in [0.25, 0.3) is 0 Å². The predicted molar refractivity (Wildman–Crippen MR) is 77.6 cm³/mol. The second-order valence-electron chi connectivity index (χ2n) is 3.64. The van der Waals surface area contributed by atoms with Gasteiger partial charge in [-0.05, 0) is 29.7 Å². The highest BCUT2D eigenvalue weighted by Crippen LogP contribution is 2.28. The summed E-state index contributed by atoms with van der Waals surface area (Å²) < 4.78 is 13.6. The Hall–Kier alpha value is -1.34. The topological polar surface area (TPSA) is 0 Å². The quantitative estimate of drug-likeness (QED) is 0.649. The highest BCUT2D eigenvalue weighted by Gasteiger charge is 2.06. The maximum Gasteiger partial charge on any atom is 0.127 e. The van der Waals surface area contributed by atoms with E-state index < -0.39 is 0 Å². The molecule has 0 saturated heterocycles. The van der Waals surface area contributed by atoms with E-state index in [-0.39, 0.29) is 5.82 Å². The fourth-order valence-corrected chi connectivity index (χ4v) is 1.94. The zero-order chi connectivity index (χ0) is 13.5. The van der Waals surface area contributed by atoms with Crippen molar-refractivity contribution in [3.63, 3.8) is 0 Å². The van der Waals surface area contributed by atoms with E-state index in [1.54, 1.807) is 6.07 Å². The molecule has 0 amide bonds. The lowest BCUT2D eigenvalue weighted by molar-refractivity contribution is 0.613. The van der Waals surface area contributed by atoms with E-state index in [0.29, 0.717) is 11.4 Å². The van der Waals surface area contributed by atoms with Crippen molar-refractivity contribution >= 4 is 11.6 Å². The summed E-state index contributed by atoms with van der Waals surface area (Å²) in [5.41, 5.74) is 2.42. The van der Waals surface area contributed by atoms with E-state index in [1.807, 2.05) is 57.2 Å². The second-order valence-corrected chi connectivity index (χ2v) is 4.05. The van der Waals surface area contributed by atoms with Crippen LogP contribution in [0.15, 0.2) is 42.5 Å². The molecule has 0 aliphatic heterocycles. The van der Waals surface area contributed by atoms with Crippen LogP contribution in [-0.2, 0) is 6.42 Å². The lowest BCUT2D eigenvalue weighted by Crippen LogP contribution is -1.88. The van der Waals surface area contributed by atoms with Gasteiger partial charge in [-0.15, -0.1) is 0 Å². The van der Waals surface area contributed by atoms with Crippen LogP contribution in [0.25, 0.3) is 11.1 Å².